The maximum Gasteiger partial charge on any atom is 0.319 e. The zero-order chi connectivity index (χ0) is 12.8. The molecule has 0 saturated heterocycles. The molecule has 1 aliphatic carbocycles. The third-order valence-electron chi connectivity index (χ3n) is 2.69. The van der Waals surface area contributed by atoms with Gasteiger partial charge in [-0.05, 0) is 25.0 Å². The molecule has 1 fully saturated rings. The Morgan fingerprint density at radius 2 is 1.72 bits per heavy atom. The summed E-state index contributed by atoms with van der Waals surface area (Å²) in [5, 5.41) is 8.17. The minimum Gasteiger partial charge on any atom is -0.354 e. The van der Waals surface area contributed by atoms with Crippen LogP contribution in [0.4, 0.5) is 10.5 Å². The summed E-state index contributed by atoms with van der Waals surface area (Å²) in [4.78, 5) is 22.8. The van der Waals surface area contributed by atoms with Crippen molar-refractivity contribution in [2.45, 2.75) is 12.8 Å². The summed E-state index contributed by atoms with van der Waals surface area (Å²) in [6.07, 6.45) is 1.99. The van der Waals surface area contributed by atoms with Crippen molar-refractivity contribution in [3.05, 3.63) is 30.3 Å². The molecular formula is C13H17N3O2. The number of amides is 3. The highest BCUT2D eigenvalue weighted by Crippen LogP contribution is 2.28. The Morgan fingerprint density at radius 1 is 1.06 bits per heavy atom. The molecule has 3 amide bonds. The first-order valence-corrected chi connectivity index (χ1v) is 6.13. The van der Waals surface area contributed by atoms with Gasteiger partial charge < -0.3 is 16.0 Å². The van der Waals surface area contributed by atoms with Gasteiger partial charge in [-0.1, -0.05) is 18.2 Å². The monoisotopic (exact) mass is 247 g/mol. The van der Waals surface area contributed by atoms with Crippen LogP contribution in [0.15, 0.2) is 30.3 Å². The largest absolute Gasteiger partial charge is 0.354 e. The van der Waals surface area contributed by atoms with Gasteiger partial charge in [0.15, 0.2) is 0 Å². The number of carbonyl (C=O) groups is 2. The number of anilines is 1. The summed E-state index contributed by atoms with van der Waals surface area (Å²) < 4.78 is 0. The Hall–Kier alpha value is -2.04. The molecule has 0 unspecified atom stereocenters. The van der Waals surface area contributed by atoms with Gasteiger partial charge in [0.1, 0.15) is 0 Å². The van der Waals surface area contributed by atoms with Crippen LogP contribution >= 0.6 is 0 Å². The lowest BCUT2D eigenvalue weighted by Crippen LogP contribution is -2.37. The van der Waals surface area contributed by atoms with Gasteiger partial charge in [-0.15, -0.1) is 0 Å². The van der Waals surface area contributed by atoms with Crippen LogP contribution in [0, 0.1) is 5.92 Å². The van der Waals surface area contributed by atoms with E-state index < -0.39 is 0 Å². The molecule has 2 rings (SSSR count). The quantitative estimate of drug-likeness (QED) is 0.687. The van der Waals surface area contributed by atoms with Crippen LogP contribution in [0.5, 0.6) is 0 Å². The fourth-order valence-electron chi connectivity index (χ4n) is 1.55. The van der Waals surface area contributed by atoms with Crippen molar-refractivity contribution < 1.29 is 9.59 Å². The molecule has 0 atom stereocenters. The highest BCUT2D eigenvalue weighted by atomic mass is 16.2. The van der Waals surface area contributed by atoms with Gasteiger partial charge in [-0.3, -0.25) is 4.79 Å². The van der Waals surface area contributed by atoms with Gasteiger partial charge >= 0.3 is 6.03 Å². The van der Waals surface area contributed by atoms with Gasteiger partial charge in [0.25, 0.3) is 0 Å². The fraction of sp³-hybridized carbons (Fsp3) is 0.385. The molecule has 18 heavy (non-hydrogen) atoms. The Balaban J connectivity index is 1.58. The van der Waals surface area contributed by atoms with E-state index in [2.05, 4.69) is 16.0 Å². The number of benzene rings is 1. The lowest BCUT2D eigenvalue weighted by Gasteiger charge is -2.08. The molecule has 0 aromatic heterocycles. The Labute approximate surface area is 106 Å². The second-order valence-electron chi connectivity index (χ2n) is 4.31. The molecule has 0 aliphatic heterocycles. The molecule has 1 saturated carbocycles. The molecule has 5 heteroatoms. The Bertz CT molecular complexity index is 416. The van der Waals surface area contributed by atoms with Gasteiger partial charge in [0.05, 0.1) is 0 Å². The van der Waals surface area contributed by atoms with Gasteiger partial charge in [0.2, 0.25) is 5.91 Å². The molecule has 0 spiro atoms. The standard InChI is InChI=1S/C13H17N3O2/c17-12(10-6-7-10)14-8-9-15-13(18)16-11-4-2-1-3-5-11/h1-5,10H,6-9H2,(H,14,17)(H2,15,16,18). The van der Waals surface area contributed by atoms with Crippen LogP contribution < -0.4 is 16.0 Å². The average molecular weight is 247 g/mol. The summed E-state index contributed by atoms with van der Waals surface area (Å²) >= 11 is 0. The predicted molar refractivity (Wildman–Crippen MR) is 69.2 cm³/mol. The summed E-state index contributed by atoms with van der Waals surface area (Å²) in [5.41, 5.74) is 0.747. The van der Waals surface area contributed by atoms with Gasteiger partial charge in [-0.2, -0.15) is 0 Å². The number of hydrogen-bond acceptors (Lipinski definition) is 2. The molecule has 1 aliphatic rings. The minimum atomic E-state index is -0.262. The van der Waals surface area contributed by atoms with Crippen molar-refractivity contribution >= 4 is 17.6 Å². The van der Waals surface area contributed by atoms with Crippen molar-refractivity contribution in [3.63, 3.8) is 0 Å². The van der Waals surface area contributed by atoms with E-state index in [-0.39, 0.29) is 17.9 Å². The van der Waals surface area contributed by atoms with E-state index in [0.717, 1.165) is 18.5 Å². The Kier molecular flexibility index (Phi) is 4.17. The summed E-state index contributed by atoms with van der Waals surface area (Å²) in [6, 6.07) is 8.96. The van der Waals surface area contributed by atoms with E-state index in [4.69, 9.17) is 0 Å². The third kappa shape index (κ3) is 4.08. The highest BCUT2D eigenvalue weighted by molar-refractivity contribution is 5.89. The number of nitrogens with one attached hydrogen (secondary N) is 3. The maximum atomic E-state index is 11.5. The molecule has 5 nitrogen and oxygen atoms in total. The first-order chi connectivity index (χ1) is 8.75. The molecule has 3 N–H and O–H groups in total. The average Bonchev–Trinajstić information content (AvgIpc) is 3.20. The van der Waals surface area contributed by atoms with Crippen LogP contribution in [0.25, 0.3) is 0 Å². The summed E-state index contributed by atoms with van der Waals surface area (Å²) in [7, 11) is 0. The lowest BCUT2D eigenvalue weighted by atomic mass is 10.3. The van der Waals surface area contributed by atoms with E-state index in [1.807, 2.05) is 30.3 Å². The summed E-state index contributed by atoms with van der Waals surface area (Å²) in [6.45, 7) is 0.897. The molecule has 0 radical (unpaired) electrons. The van der Waals surface area contributed by atoms with E-state index in [9.17, 15) is 9.59 Å². The van der Waals surface area contributed by atoms with Crippen LogP contribution in [0.2, 0.25) is 0 Å². The number of carbonyl (C=O) groups excluding carboxylic acids is 2. The van der Waals surface area contributed by atoms with E-state index in [1.54, 1.807) is 0 Å². The van der Waals surface area contributed by atoms with E-state index in [0.29, 0.717) is 13.1 Å². The molecule has 0 heterocycles. The third-order valence-corrected chi connectivity index (χ3v) is 2.69. The zero-order valence-electron chi connectivity index (χ0n) is 10.1. The van der Waals surface area contributed by atoms with Crippen LogP contribution in [-0.4, -0.2) is 25.0 Å². The molecular weight excluding hydrogens is 230 g/mol. The van der Waals surface area contributed by atoms with Gasteiger partial charge in [0, 0.05) is 24.7 Å². The van der Waals surface area contributed by atoms with Crippen molar-refractivity contribution in [2.75, 3.05) is 18.4 Å². The Morgan fingerprint density at radius 3 is 2.39 bits per heavy atom. The number of urea groups is 1. The lowest BCUT2D eigenvalue weighted by molar-refractivity contribution is -0.122. The molecule has 0 bridgehead atoms. The van der Waals surface area contributed by atoms with E-state index >= 15 is 0 Å². The van der Waals surface area contributed by atoms with Crippen molar-refractivity contribution in [3.8, 4) is 0 Å². The first kappa shape index (κ1) is 12.4. The van der Waals surface area contributed by atoms with Crippen LogP contribution in [0.1, 0.15) is 12.8 Å². The van der Waals surface area contributed by atoms with Crippen LogP contribution in [-0.2, 0) is 4.79 Å². The first-order valence-electron chi connectivity index (χ1n) is 6.13. The highest BCUT2D eigenvalue weighted by Gasteiger charge is 2.28. The number of hydrogen-bond donors (Lipinski definition) is 3. The van der Waals surface area contributed by atoms with Gasteiger partial charge in [-0.25, -0.2) is 4.79 Å². The smallest absolute Gasteiger partial charge is 0.319 e. The maximum absolute atomic E-state index is 11.5. The van der Waals surface area contributed by atoms with E-state index in [1.165, 1.54) is 0 Å². The number of para-hydroxylation sites is 1. The van der Waals surface area contributed by atoms with Crippen molar-refractivity contribution in [2.24, 2.45) is 5.92 Å². The topological polar surface area (TPSA) is 70.2 Å². The fourth-order valence-corrected chi connectivity index (χ4v) is 1.55. The van der Waals surface area contributed by atoms with Crippen molar-refractivity contribution in [1.82, 2.24) is 10.6 Å². The van der Waals surface area contributed by atoms with Crippen molar-refractivity contribution in [1.29, 1.82) is 0 Å². The molecule has 1 aromatic rings. The summed E-state index contributed by atoms with van der Waals surface area (Å²) in [5.74, 6) is 0.309. The van der Waals surface area contributed by atoms with Crippen LogP contribution in [0.3, 0.4) is 0 Å². The predicted octanol–water partition coefficient (Wildman–Crippen LogP) is 1.33. The minimum absolute atomic E-state index is 0.0975. The number of rotatable bonds is 5. The normalized spacial score (nSPS) is 13.8. The molecule has 96 valence electrons. The second-order valence-corrected chi connectivity index (χ2v) is 4.31. The molecule has 1 aromatic carbocycles. The second kappa shape index (κ2) is 6.05. The zero-order valence-corrected chi connectivity index (χ0v) is 10.1. The SMILES string of the molecule is O=C(NCCNC(=O)C1CC1)Nc1ccccc1.